The molecule has 0 spiro atoms. The molecule has 3 heterocycles. The van der Waals surface area contributed by atoms with Gasteiger partial charge in [0.15, 0.2) is 0 Å². The van der Waals surface area contributed by atoms with Crippen molar-refractivity contribution in [3.05, 3.63) is 29.6 Å². The SMILES string of the molecule is CCNCc1ccc(CN2CCN3CCCCC3C2)nc1. The molecule has 0 aromatic carbocycles. The number of nitrogens with one attached hydrogen (secondary N) is 1. The molecule has 2 fully saturated rings. The zero-order valence-corrected chi connectivity index (χ0v) is 13.2. The maximum absolute atomic E-state index is 4.63. The van der Waals surface area contributed by atoms with Crippen LogP contribution in [0.15, 0.2) is 18.3 Å². The van der Waals surface area contributed by atoms with E-state index < -0.39 is 0 Å². The number of fused-ring (bicyclic) bond motifs is 1. The number of rotatable bonds is 5. The minimum Gasteiger partial charge on any atom is -0.313 e. The molecule has 1 aromatic rings. The number of pyridine rings is 1. The molecule has 0 amide bonds. The molecule has 0 radical (unpaired) electrons. The van der Waals surface area contributed by atoms with E-state index in [4.69, 9.17) is 0 Å². The predicted octanol–water partition coefficient (Wildman–Crippen LogP) is 1.86. The van der Waals surface area contributed by atoms with E-state index in [1.54, 1.807) is 0 Å². The maximum Gasteiger partial charge on any atom is 0.0544 e. The topological polar surface area (TPSA) is 31.4 Å². The number of piperidine rings is 1. The molecule has 3 rings (SSSR count). The maximum atomic E-state index is 4.63. The molecule has 116 valence electrons. The summed E-state index contributed by atoms with van der Waals surface area (Å²) in [7, 11) is 0. The van der Waals surface area contributed by atoms with Gasteiger partial charge in [-0.05, 0) is 37.6 Å². The fraction of sp³-hybridized carbons (Fsp3) is 0.706. The molecule has 4 heteroatoms. The standard InChI is InChI=1S/C17H28N4/c1-2-18-11-15-6-7-16(19-12-15)13-20-9-10-21-8-4-3-5-17(21)14-20/h6-7,12,17-18H,2-5,8-11,13-14H2,1H3. The van der Waals surface area contributed by atoms with Gasteiger partial charge >= 0.3 is 0 Å². The van der Waals surface area contributed by atoms with E-state index >= 15 is 0 Å². The van der Waals surface area contributed by atoms with E-state index in [9.17, 15) is 0 Å². The van der Waals surface area contributed by atoms with Crippen LogP contribution in [0, 0.1) is 0 Å². The summed E-state index contributed by atoms with van der Waals surface area (Å²) in [4.78, 5) is 9.90. The fourth-order valence-corrected chi connectivity index (χ4v) is 3.52. The zero-order chi connectivity index (χ0) is 14.5. The monoisotopic (exact) mass is 288 g/mol. The Morgan fingerprint density at radius 1 is 1.24 bits per heavy atom. The lowest BCUT2D eigenvalue weighted by atomic mass is 9.99. The van der Waals surface area contributed by atoms with Gasteiger partial charge in [-0.1, -0.05) is 19.4 Å². The lowest BCUT2D eigenvalue weighted by Gasteiger charge is -2.44. The van der Waals surface area contributed by atoms with Gasteiger partial charge in [0.05, 0.1) is 5.69 Å². The first-order valence-corrected chi connectivity index (χ1v) is 8.46. The smallest absolute Gasteiger partial charge is 0.0544 e. The Balaban J connectivity index is 1.52. The Morgan fingerprint density at radius 2 is 2.19 bits per heavy atom. The quantitative estimate of drug-likeness (QED) is 0.896. The van der Waals surface area contributed by atoms with Crippen molar-refractivity contribution in [2.75, 3.05) is 32.7 Å². The predicted molar refractivity (Wildman–Crippen MR) is 86.1 cm³/mol. The third-order valence-corrected chi connectivity index (χ3v) is 4.77. The molecule has 1 unspecified atom stereocenters. The van der Waals surface area contributed by atoms with Crippen molar-refractivity contribution in [1.82, 2.24) is 20.1 Å². The van der Waals surface area contributed by atoms with Gasteiger partial charge in [0.1, 0.15) is 0 Å². The summed E-state index contributed by atoms with van der Waals surface area (Å²) < 4.78 is 0. The molecule has 1 atom stereocenters. The summed E-state index contributed by atoms with van der Waals surface area (Å²) in [6.07, 6.45) is 6.21. The van der Waals surface area contributed by atoms with Gasteiger partial charge < -0.3 is 5.32 Å². The molecule has 1 N–H and O–H groups in total. The van der Waals surface area contributed by atoms with Gasteiger partial charge in [0.2, 0.25) is 0 Å². The highest BCUT2D eigenvalue weighted by molar-refractivity contribution is 5.14. The second-order valence-corrected chi connectivity index (χ2v) is 6.36. The Bertz CT molecular complexity index is 431. The fourth-order valence-electron chi connectivity index (χ4n) is 3.52. The summed E-state index contributed by atoms with van der Waals surface area (Å²) in [5.41, 5.74) is 2.48. The normalized spacial score (nSPS) is 24.0. The second kappa shape index (κ2) is 7.34. The van der Waals surface area contributed by atoms with Gasteiger partial charge in [0.25, 0.3) is 0 Å². The molecular formula is C17H28N4. The van der Waals surface area contributed by atoms with E-state index in [2.05, 4.69) is 39.2 Å². The highest BCUT2D eigenvalue weighted by atomic mass is 15.3. The summed E-state index contributed by atoms with van der Waals surface area (Å²) in [5, 5.41) is 3.34. The molecule has 0 saturated carbocycles. The van der Waals surface area contributed by atoms with Gasteiger partial charge in [-0.25, -0.2) is 0 Å². The minimum atomic E-state index is 0.792. The summed E-state index contributed by atoms with van der Waals surface area (Å²) in [6, 6.07) is 5.20. The molecule has 4 nitrogen and oxygen atoms in total. The van der Waals surface area contributed by atoms with Crippen molar-refractivity contribution >= 4 is 0 Å². The number of piperazine rings is 1. The van der Waals surface area contributed by atoms with E-state index in [0.717, 1.165) is 25.7 Å². The molecule has 21 heavy (non-hydrogen) atoms. The molecule has 1 aromatic heterocycles. The minimum absolute atomic E-state index is 0.792. The molecule has 2 saturated heterocycles. The van der Waals surface area contributed by atoms with E-state index in [1.165, 1.54) is 56.7 Å². The first kappa shape index (κ1) is 14.9. The van der Waals surface area contributed by atoms with Crippen molar-refractivity contribution in [1.29, 1.82) is 0 Å². The number of aromatic nitrogens is 1. The van der Waals surface area contributed by atoms with Crippen LogP contribution in [-0.2, 0) is 13.1 Å². The van der Waals surface area contributed by atoms with Crippen LogP contribution in [0.1, 0.15) is 37.4 Å². The van der Waals surface area contributed by atoms with Gasteiger partial charge in [-0.15, -0.1) is 0 Å². The summed E-state index contributed by atoms with van der Waals surface area (Å²) in [6.45, 7) is 10.0. The van der Waals surface area contributed by atoms with Gasteiger partial charge in [0, 0.05) is 45.0 Å². The average Bonchev–Trinajstić information content (AvgIpc) is 2.54. The van der Waals surface area contributed by atoms with Crippen LogP contribution in [0.5, 0.6) is 0 Å². The van der Waals surface area contributed by atoms with Crippen molar-refractivity contribution < 1.29 is 0 Å². The lowest BCUT2D eigenvalue weighted by Crippen LogP contribution is -2.54. The largest absolute Gasteiger partial charge is 0.313 e. The van der Waals surface area contributed by atoms with E-state index in [1.807, 2.05) is 6.20 Å². The van der Waals surface area contributed by atoms with Gasteiger partial charge in [-0.2, -0.15) is 0 Å². The first-order chi connectivity index (χ1) is 10.3. The second-order valence-electron chi connectivity index (χ2n) is 6.36. The molecule has 2 aliphatic heterocycles. The van der Waals surface area contributed by atoms with Crippen LogP contribution < -0.4 is 5.32 Å². The van der Waals surface area contributed by atoms with Crippen LogP contribution in [-0.4, -0.2) is 53.5 Å². The Labute approximate surface area is 128 Å². The van der Waals surface area contributed by atoms with Crippen LogP contribution in [0.25, 0.3) is 0 Å². The zero-order valence-electron chi connectivity index (χ0n) is 13.2. The Kier molecular flexibility index (Phi) is 5.22. The van der Waals surface area contributed by atoms with Crippen molar-refractivity contribution in [3.63, 3.8) is 0 Å². The van der Waals surface area contributed by atoms with E-state index in [0.29, 0.717) is 0 Å². The van der Waals surface area contributed by atoms with Crippen molar-refractivity contribution in [2.24, 2.45) is 0 Å². The van der Waals surface area contributed by atoms with Crippen molar-refractivity contribution in [3.8, 4) is 0 Å². The van der Waals surface area contributed by atoms with Crippen LogP contribution in [0.3, 0.4) is 0 Å². The van der Waals surface area contributed by atoms with Crippen molar-refractivity contribution in [2.45, 2.75) is 45.3 Å². The first-order valence-electron chi connectivity index (χ1n) is 8.46. The van der Waals surface area contributed by atoms with Crippen LogP contribution in [0.4, 0.5) is 0 Å². The number of hydrogen-bond donors (Lipinski definition) is 1. The highest BCUT2D eigenvalue weighted by Crippen LogP contribution is 2.21. The van der Waals surface area contributed by atoms with Crippen LogP contribution >= 0.6 is 0 Å². The van der Waals surface area contributed by atoms with Crippen LogP contribution in [0.2, 0.25) is 0 Å². The average molecular weight is 288 g/mol. The highest BCUT2D eigenvalue weighted by Gasteiger charge is 2.28. The Hall–Kier alpha value is -0.970. The third-order valence-electron chi connectivity index (χ3n) is 4.77. The van der Waals surface area contributed by atoms with Gasteiger partial charge in [-0.3, -0.25) is 14.8 Å². The summed E-state index contributed by atoms with van der Waals surface area (Å²) >= 11 is 0. The number of hydrogen-bond acceptors (Lipinski definition) is 4. The summed E-state index contributed by atoms with van der Waals surface area (Å²) in [5.74, 6) is 0. The van der Waals surface area contributed by atoms with E-state index in [-0.39, 0.29) is 0 Å². The molecule has 0 aliphatic carbocycles. The Morgan fingerprint density at radius 3 is 3.00 bits per heavy atom. The lowest BCUT2D eigenvalue weighted by molar-refractivity contribution is 0.0451. The molecule has 2 aliphatic rings. The third kappa shape index (κ3) is 4.02. The molecular weight excluding hydrogens is 260 g/mol. The number of nitrogens with zero attached hydrogens (tertiary/aromatic N) is 3. The molecule has 0 bridgehead atoms.